The molecule has 102 valence electrons. The van der Waals surface area contributed by atoms with Crippen LogP contribution in [0.4, 0.5) is 11.6 Å². The van der Waals surface area contributed by atoms with Crippen molar-refractivity contribution in [3.8, 4) is 0 Å². The molecular weight excluding hydrogens is 226 g/mol. The zero-order valence-corrected chi connectivity index (χ0v) is 12.3. The smallest absolute Gasteiger partial charge is 0.148 e. The average Bonchev–Trinajstić information content (AvgIpc) is 2.17. The van der Waals surface area contributed by atoms with Gasteiger partial charge in [0.1, 0.15) is 18.0 Å². The molecular formula is C13H25N5. The van der Waals surface area contributed by atoms with E-state index in [1.807, 2.05) is 6.92 Å². The van der Waals surface area contributed by atoms with Gasteiger partial charge >= 0.3 is 0 Å². The molecule has 1 aromatic heterocycles. The van der Waals surface area contributed by atoms with Crippen LogP contribution in [0.1, 0.15) is 46.6 Å². The number of hydrogen-bond donors (Lipinski definition) is 3. The molecule has 1 heterocycles. The molecule has 0 atom stereocenters. The van der Waals surface area contributed by atoms with Crippen LogP contribution in [-0.2, 0) is 0 Å². The van der Waals surface area contributed by atoms with Crippen LogP contribution in [-0.4, -0.2) is 15.5 Å². The molecule has 0 unspecified atom stereocenters. The van der Waals surface area contributed by atoms with Gasteiger partial charge in [0.15, 0.2) is 0 Å². The number of hydrazine groups is 1. The van der Waals surface area contributed by atoms with E-state index in [1.54, 1.807) is 0 Å². The average molecular weight is 251 g/mol. The fourth-order valence-corrected chi connectivity index (χ4v) is 2.41. The molecule has 5 nitrogen and oxygen atoms in total. The summed E-state index contributed by atoms with van der Waals surface area (Å²) in [6, 6.07) is 0. The van der Waals surface area contributed by atoms with Crippen LogP contribution in [0.25, 0.3) is 0 Å². The topological polar surface area (TPSA) is 75.9 Å². The number of aromatic nitrogens is 2. The highest BCUT2D eigenvalue weighted by molar-refractivity contribution is 5.56. The molecule has 0 amide bonds. The number of nitrogens with two attached hydrogens (primary N) is 1. The van der Waals surface area contributed by atoms with E-state index in [4.69, 9.17) is 5.84 Å². The Morgan fingerprint density at radius 1 is 1.11 bits per heavy atom. The van der Waals surface area contributed by atoms with Crippen molar-refractivity contribution in [1.82, 2.24) is 9.97 Å². The summed E-state index contributed by atoms with van der Waals surface area (Å²) in [5.74, 6) is 6.90. The Bertz CT molecular complexity index is 406. The summed E-state index contributed by atoms with van der Waals surface area (Å²) in [5.41, 5.74) is 3.73. The monoisotopic (exact) mass is 251 g/mol. The number of hydrogen-bond acceptors (Lipinski definition) is 5. The molecule has 0 spiro atoms. The van der Waals surface area contributed by atoms with Crippen LogP contribution < -0.4 is 16.6 Å². The molecule has 0 aliphatic rings. The second-order valence-corrected chi connectivity index (χ2v) is 6.59. The van der Waals surface area contributed by atoms with Gasteiger partial charge in [-0.25, -0.2) is 15.8 Å². The number of nitrogen functional groups attached to an aromatic ring is 1. The predicted molar refractivity (Wildman–Crippen MR) is 76.4 cm³/mol. The van der Waals surface area contributed by atoms with Crippen molar-refractivity contribution in [1.29, 1.82) is 0 Å². The van der Waals surface area contributed by atoms with E-state index in [9.17, 15) is 0 Å². The lowest BCUT2D eigenvalue weighted by Crippen LogP contribution is -2.36. The Balaban J connectivity index is 2.90. The summed E-state index contributed by atoms with van der Waals surface area (Å²) >= 11 is 0. The Morgan fingerprint density at radius 3 is 2.17 bits per heavy atom. The maximum absolute atomic E-state index is 5.42. The first kappa shape index (κ1) is 14.7. The normalized spacial score (nSPS) is 12.4. The Kier molecular flexibility index (Phi) is 4.16. The van der Waals surface area contributed by atoms with Gasteiger partial charge in [0.05, 0.1) is 0 Å². The number of anilines is 2. The highest BCUT2D eigenvalue weighted by Gasteiger charge is 2.26. The maximum atomic E-state index is 5.42. The maximum Gasteiger partial charge on any atom is 0.148 e. The summed E-state index contributed by atoms with van der Waals surface area (Å²) in [5, 5.41) is 3.47. The van der Waals surface area contributed by atoms with Crippen molar-refractivity contribution in [2.75, 3.05) is 10.7 Å². The fraction of sp³-hybridized carbons (Fsp3) is 0.692. The van der Waals surface area contributed by atoms with Crippen LogP contribution in [0.3, 0.4) is 0 Å². The van der Waals surface area contributed by atoms with Gasteiger partial charge in [-0.1, -0.05) is 20.8 Å². The highest BCUT2D eigenvalue weighted by Crippen LogP contribution is 2.30. The quantitative estimate of drug-likeness (QED) is 0.566. The molecule has 4 N–H and O–H groups in total. The summed E-state index contributed by atoms with van der Waals surface area (Å²) in [4.78, 5) is 8.36. The van der Waals surface area contributed by atoms with Crippen molar-refractivity contribution in [3.05, 3.63) is 11.9 Å². The largest absolute Gasteiger partial charge is 0.365 e. The van der Waals surface area contributed by atoms with Gasteiger partial charge in [0, 0.05) is 11.1 Å². The van der Waals surface area contributed by atoms with Gasteiger partial charge in [-0.05, 0) is 32.6 Å². The third-order valence-electron chi connectivity index (χ3n) is 2.65. The Morgan fingerprint density at radius 2 is 1.67 bits per heavy atom. The summed E-state index contributed by atoms with van der Waals surface area (Å²) in [6.45, 7) is 13.0. The van der Waals surface area contributed by atoms with E-state index in [0.717, 1.165) is 17.8 Å². The van der Waals surface area contributed by atoms with Crippen molar-refractivity contribution in [3.63, 3.8) is 0 Å². The first-order valence-corrected chi connectivity index (χ1v) is 6.21. The van der Waals surface area contributed by atoms with E-state index in [2.05, 4.69) is 55.3 Å². The Labute approximate surface area is 110 Å². The zero-order valence-electron chi connectivity index (χ0n) is 12.3. The lowest BCUT2D eigenvalue weighted by atomic mass is 9.82. The molecule has 1 aromatic rings. The van der Waals surface area contributed by atoms with E-state index in [1.165, 1.54) is 6.33 Å². The molecule has 0 bridgehead atoms. The minimum absolute atomic E-state index is 0.0385. The minimum Gasteiger partial charge on any atom is -0.365 e. The Hall–Kier alpha value is -1.36. The molecule has 5 heteroatoms. The van der Waals surface area contributed by atoms with Gasteiger partial charge in [0.2, 0.25) is 0 Å². The third-order valence-corrected chi connectivity index (χ3v) is 2.65. The molecule has 0 fully saturated rings. The molecule has 0 aliphatic carbocycles. The van der Waals surface area contributed by atoms with Crippen LogP contribution in [0.2, 0.25) is 0 Å². The lowest BCUT2D eigenvalue weighted by Gasteiger charge is -2.34. The van der Waals surface area contributed by atoms with Gasteiger partial charge in [0.25, 0.3) is 0 Å². The van der Waals surface area contributed by atoms with Gasteiger partial charge in [-0.15, -0.1) is 0 Å². The second-order valence-electron chi connectivity index (χ2n) is 6.59. The molecule has 0 aliphatic heterocycles. The fourth-order valence-electron chi connectivity index (χ4n) is 2.41. The molecule has 1 rings (SSSR count). The van der Waals surface area contributed by atoms with Gasteiger partial charge < -0.3 is 10.7 Å². The van der Waals surface area contributed by atoms with E-state index >= 15 is 0 Å². The number of nitrogens with one attached hydrogen (secondary N) is 2. The predicted octanol–water partition coefficient (Wildman–Crippen LogP) is 2.70. The lowest BCUT2D eigenvalue weighted by molar-refractivity contribution is 0.302. The SMILES string of the molecule is Cc1c(NN)ncnc1NC(C)(C)CC(C)(C)C. The molecule has 0 radical (unpaired) electrons. The first-order chi connectivity index (χ1) is 8.14. The van der Waals surface area contributed by atoms with E-state index in [0.29, 0.717) is 5.82 Å². The van der Waals surface area contributed by atoms with Crippen LogP contribution in [0.5, 0.6) is 0 Å². The first-order valence-electron chi connectivity index (χ1n) is 6.21. The van der Waals surface area contributed by atoms with Crippen molar-refractivity contribution >= 4 is 11.6 Å². The molecule has 0 saturated heterocycles. The van der Waals surface area contributed by atoms with E-state index < -0.39 is 0 Å². The van der Waals surface area contributed by atoms with Gasteiger partial charge in [-0.2, -0.15) is 0 Å². The number of nitrogens with zero attached hydrogens (tertiary/aromatic N) is 2. The second kappa shape index (κ2) is 5.10. The number of rotatable bonds is 4. The third kappa shape index (κ3) is 4.14. The highest BCUT2D eigenvalue weighted by atomic mass is 15.3. The van der Waals surface area contributed by atoms with Crippen molar-refractivity contribution in [2.45, 2.75) is 53.5 Å². The molecule has 0 aromatic carbocycles. The van der Waals surface area contributed by atoms with Crippen LogP contribution in [0, 0.1) is 12.3 Å². The standard InChI is InChI=1S/C13H25N5/c1-9-10(15-8-16-11(9)18-14)17-13(5,6)7-12(2,3)4/h8H,7,14H2,1-6H3,(H2,15,16,17,18). The molecule has 0 saturated carbocycles. The molecule has 18 heavy (non-hydrogen) atoms. The summed E-state index contributed by atoms with van der Waals surface area (Å²) in [6.07, 6.45) is 2.55. The van der Waals surface area contributed by atoms with Crippen molar-refractivity contribution < 1.29 is 0 Å². The minimum atomic E-state index is -0.0385. The van der Waals surface area contributed by atoms with Crippen LogP contribution >= 0.6 is 0 Å². The zero-order chi connectivity index (χ0) is 14.0. The van der Waals surface area contributed by atoms with Gasteiger partial charge in [-0.3, -0.25) is 0 Å². The summed E-state index contributed by atoms with van der Waals surface area (Å²) in [7, 11) is 0. The van der Waals surface area contributed by atoms with E-state index in [-0.39, 0.29) is 11.0 Å². The van der Waals surface area contributed by atoms with Crippen LogP contribution in [0.15, 0.2) is 6.33 Å². The van der Waals surface area contributed by atoms with Crippen molar-refractivity contribution in [2.24, 2.45) is 11.3 Å². The summed E-state index contributed by atoms with van der Waals surface area (Å²) < 4.78 is 0.